The van der Waals surface area contributed by atoms with E-state index < -0.39 is 10.0 Å². The number of pyridine rings is 1. The Kier molecular flexibility index (Phi) is 5.48. The van der Waals surface area contributed by atoms with Gasteiger partial charge in [0.25, 0.3) is 0 Å². The molecule has 1 aromatic carbocycles. The van der Waals surface area contributed by atoms with Crippen molar-refractivity contribution in [1.82, 2.24) is 14.3 Å². The van der Waals surface area contributed by atoms with Gasteiger partial charge in [0.2, 0.25) is 15.9 Å². The van der Waals surface area contributed by atoms with Crippen LogP contribution in [0, 0.1) is 0 Å². The molecular weight excluding hydrogens is 410 g/mol. The fourth-order valence-corrected chi connectivity index (χ4v) is 5.50. The van der Waals surface area contributed by atoms with Crippen LogP contribution in [0.25, 0.3) is 10.3 Å². The minimum absolute atomic E-state index is 0.109. The van der Waals surface area contributed by atoms with Gasteiger partial charge in [-0.1, -0.05) is 18.3 Å². The van der Waals surface area contributed by atoms with Crippen molar-refractivity contribution in [3.05, 3.63) is 42.6 Å². The summed E-state index contributed by atoms with van der Waals surface area (Å²) in [5, 5.41) is 3.59. The largest absolute Gasteiger partial charge is 0.345 e. The molecule has 3 aromatic rings. The van der Waals surface area contributed by atoms with E-state index in [1.54, 1.807) is 25.3 Å². The number of rotatable bonds is 5. The van der Waals surface area contributed by atoms with Gasteiger partial charge in [-0.05, 0) is 36.4 Å². The topological polar surface area (TPSA) is 95.5 Å². The van der Waals surface area contributed by atoms with Gasteiger partial charge < -0.3 is 10.2 Å². The number of aromatic nitrogens is 2. The lowest BCUT2D eigenvalue weighted by Crippen LogP contribution is -2.48. The van der Waals surface area contributed by atoms with Gasteiger partial charge in [0.1, 0.15) is 10.3 Å². The van der Waals surface area contributed by atoms with E-state index in [4.69, 9.17) is 0 Å². The fourth-order valence-electron chi connectivity index (χ4n) is 3.12. The summed E-state index contributed by atoms with van der Waals surface area (Å²) in [4.78, 5) is 23.6. The van der Waals surface area contributed by atoms with Crippen molar-refractivity contribution in [2.45, 2.75) is 18.2 Å². The number of carbonyl (C=O) groups excluding carboxylic acids is 1. The van der Waals surface area contributed by atoms with Crippen LogP contribution in [0.2, 0.25) is 0 Å². The Morgan fingerprint density at radius 3 is 2.52 bits per heavy atom. The molecule has 0 saturated carbocycles. The minimum Gasteiger partial charge on any atom is -0.345 e. The highest BCUT2D eigenvalue weighted by molar-refractivity contribution is 7.89. The smallest absolute Gasteiger partial charge is 0.243 e. The van der Waals surface area contributed by atoms with Crippen LogP contribution in [0.15, 0.2) is 47.5 Å². The Bertz CT molecular complexity index is 1090. The molecular formula is C19H21N5O3S2. The maximum atomic E-state index is 13.0. The summed E-state index contributed by atoms with van der Waals surface area (Å²) in [6.07, 6.45) is 2.11. The van der Waals surface area contributed by atoms with Crippen LogP contribution in [-0.2, 0) is 14.8 Å². The molecule has 29 heavy (non-hydrogen) atoms. The zero-order valence-corrected chi connectivity index (χ0v) is 17.5. The highest BCUT2D eigenvalue weighted by atomic mass is 32.2. The van der Waals surface area contributed by atoms with Crippen molar-refractivity contribution in [2.24, 2.45) is 0 Å². The van der Waals surface area contributed by atoms with Gasteiger partial charge >= 0.3 is 0 Å². The number of benzene rings is 1. The van der Waals surface area contributed by atoms with Gasteiger partial charge in [0.15, 0.2) is 5.13 Å². The number of carbonyl (C=O) groups is 1. The molecule has 1 N–H and O–H groups in total. The predicted molar refractivity (Wildman–Crippen MR) is 114 cm³/mol. The molecule has 0 radical (unpaired) electrons. The van der Waals surface area contributed by atoms with E-state index in [2.05, 4.69) is 20.2 Å². The van der Waals surface area contributed by atoms with E-state index >= 15 is 0 Å². The number of piperazine rings is 1. The van der Waals surface area contributed by atoms with E-state index in [9.17, 15) is 13.2 Å². The van der Waals surface area contributed by atoms with E-state index in [0.717, 1.165) is 15.5 Å². The number of nitrogens with one attached hydrogen (secondary N) is 1. The maximum absolute atomic E-state index is 13.0. The number of amides is 1. The lowest BCUT2D eigenvalue weighted by molar-refractivity contribution is -0.115. The van der Waals surface area contributed by atoms with Crippen molar-refractivity contribution in [3.8, 4) is 0 Å². The first kappa shape index (κ1) is 19.7. The molecule has 0 spiro atoms. The number of anilines is 2. The van der Waals surface area contributed by atoms with Crippen molar-refractivity contribution in [1.29, 1.82) is 0 Å². The third kappa shape index (κ3) is 4.09. The summed E-state index contributed by atoms with van der Waals surface area (Å²) in [7, 11) is -3.58. The molecule has 152 valence electrons. The first-order valence-electron chi connectivity index (χ1n) is 9.34. The first-order chi connectivity index (χ1) is 14.0. The third-order valence-corrected chi connectivity index (χ3v) is 7.71. The number of nitrogens with zero attached hydrogens (tertiary/aromatic N) is 4. The van der Waals surface area contributed by atoms with Crippen molar-refractivity contribution >= 4 is 48.4 Å². The SMILES string of the molecule is CCC(=O)Nc1ccc(S(=O)(=O)N2CCN(c3nc4cccnc4s3)CC2)cc1. The fraction of sp³-hybridized carbons (Fsp3) is 0.316. The van der Waals surface area contributed by atoms with Crippen LogP contribution in [0.3, 0.4) is 0 Å². The average Bonchev–Trinajstić information content (AvgIpc) is 3.18. The lowest BCUT2D eigenvalue weighted by Gasteiger charge is -2.33. The summed E-state index contributed by atoms with van der Waals surface area (Å²) in [6, 6.07) is 10.1. The second-order valence-electron chi connectivity index (χ2n) is 6.64. The quantitative estimate of drug-likeness (QED) is 0.667. The summed E-state index contributed by atoms with van der Waals surface area (Å²) >= 11 is 1.52. The Morgan fingerprint density at radius 1 is 1.14 bits per heavy atom. The molecule has 0 unspecified atom stereocenters. The third-order valence-electron chi connectivity index (χ3n) is 4.76. The van der Waals surface area contributed by atoms with Crippen LogP contribution in [0.1, 0.15) is 13.3 Å². The van der Waals surface area contributed by atoms with Crippen molar-refractivity contribution in [3.63, 3.8) is 0 Å². The maximum Gasteiger partial charge on any atom is 0.243 e. The Balaban J connectivity index is 1.43. The van der Waals surface area contributed by atoms with Gasteiger partial charge in [-0.2, -0.15) is 4.31 Å². The monoisotopic (exact) mass is 431 g/mol. The number of hydrogen-bond acceptors (Lipinski definition) is 7. The van der Waals surface area contributed by atoms with Crippen molar-refractivity contribution < 1.29 is 13.2 Å². The summed E-state index contributed by atoms with van der Waals surface area (Å²) in [5.74, 6) is -0.109. The second kappa shape index (κ2) is 8.05. The summed E-state index contributed by atoms with van der Waals surface area (Å²) < 4.78 is 27.4. The first-order valence-corrected chi connectivity index (χ1v) is 11.6. The van der Waals surface area contributed by atoms with Crippen molar-refractivity contribution in [2.75, 3.05) is 36.4 Å². The molecule has 1 aliphatic rings. The summed E-state index contributed by atoms with van der Waals surface area (Å²) in [6.45, 7) is 3.69. The molecule has 1 amide bonds. The highest BCUT2D eigenvalue weighted by Crippen LogP contribution is 2.28. The highest BCUT2D eigenvalue weighted by Gasteiger charge is 2.29. The van der Waals surface area contributed by atoms with Crippen LogP contribution < -0.4 is 10.2 Å². The molecule has 4 rings (SSSR count). The normalized spacial score (nSPS) is 15.6. The molecule has 3 heterocycles. The van der Waals surface area contributed by atoms with E-state index in [1.807, 2.05) is 12.1 Å². The summed E-state index contributed by atoms with van der Waals surface area (Å²) in [5.41, 5.74) is 1.45. The van der Waals surface area contributed by atoms with Crippen LogP contribution in [0.5, 0.6) is 0 Å². The van der Waals surface area contributed by atoms with Crippen LogP contribution in [-0.4, -0.2) is 54.8 Å². The molecule has 1 aliphatic heterocycles. The van der Waals surface area contributed by atoms with E-state index in [1.165, 1.54) is 27.8 Å². The molecule has 0 aliphatic carbocycles. The Morgan fingerprint density at radius 2 is 1.86 bits per heavy atom. The number of fused-ring (bicyclic) bond motifs is 1. The standard InChI is InChI=1S/C19H21N5O3S2/c1-2-17(25)21-14-5-7-15(8-6-14)29(26,27)24-12-10-23(11-13-24)19-22-16-4-3-9-20-18(16)28-19/h3-9H,2,10-13H2,1H3,(H,21,25). The molecule has 10 heteroatoms. The zero-order chi connectivity index (χ0) is 20.4. The van der Waals surface area contributed by atoms with Gasteiger partial charge in [0, 0.05) is 44.5 Å². The average molecular weight is 432 g/mol. The molecule has 2 aromatic heterocycles. The number of thiazole rings is 1. The second-order valence-corrected chi connectivity index (χ2v) is 9.54. The molecule has 1 fully saturated rings. The van der Waals surface area contributed by atoms with Crippen LogP contribution >= 0.6 is 11.3 Å². The zero-order valence-electron chi connectivity index (χ0n) is 15.9. The van der Waals surface area contributed by atoms with Gasteiger partial charge in [-0.3, -0.25) is 4.79 Å². The molecule has 1 saturated heterocycles. The number of hydrogen-bond donors (Lipinski definition) is 1. The molecule has 0 bridgehead atoms. The van der Waals surface area contributed by atoms with E-state index in [0.29, 0.717) is 38.3 Å². The van der Waals surface area contributed by atoms with Gasteiger partial charge in [-0.25, -0.2) is 18.4 Å². The number of sulfonamides is 1. The molecule has 0 atom stereocenters. The predicted octanol–water partition coefficient (Wildman–Crippen LogP) is 2.55. The molecule has 8 nitrogen and oxygen atoms in total. The minimum atomic E-state index is -3.58. The van der Waals surface area contributed by atoms with E-state index in [-0.39, 0.29) is 10.8 Å². The van der Waals surface area contributed by atoms with Crippen LogP contribution in [0.4, 0.5) is 10.8 Å². The van der Waals surface area contributed by atoms with Gasteiger partial charge in [-0.15, -0.1) is 0 Å². The Hall–Kier alpha value is -2.56. The Labute approximate surface area is 173 Å². The van der Waals surface area contributed by atoms with Gasteiger partial charge in [0.05, 0.1) is 4.90 Å². The lowest BCUT2D eigenvalue weighted by atomic mass is 10.3.